The number of para-hydroxylation sites is 1. The monoisotopic (exact) mass is 472 g/mol. The first-order valence-corrected chi connectivity index (χ1v) is 11.3. The molecule has 2 aliphatic heterocycles. The average Bonchev–Trinajstić information content (AvgIpc) is 3.42. The molecule has 8 heteroatoms. The largest absolute Gasteiger partial charge is 0.292 e. The third-order valence-electron chi connectivity index (χ3n) is 5.05. The van der Waals surface area contributed by atoms with Crippen LogP contribution in [0.2, 0.25) is 5.02 Å². The standard InChI is InChI=1S/C25H17ClN4O2S/c1-16(31)23-28-30(20-14-12-18(26)13-15-20)25(33-23)21-22(17-8-4-2-5-9-17)27-29(24(21)32)19-10-6-3-7-11-19/h2-15H,1H3. The summed E-state index contributed by atoms with van der Waals surface area (Å²) in [7, 11) is 0. The Bertz CT molecular complexity index is 1340. The van der Waals surface area contributed by atoms with Gasteiger partial charge in [-0.05, 0) is 48.2 Å². The number of thioether (sulfide) groups is 1. The van der Waals surface area contributed by atoms with Crippen molar-refractivity contribution < 1.29 is 9.59 Å². The Morgan fingerprint density at radius 1 is 0.818 bits per heavy atom. The van der Waals surface area contributed by atoms with Gasteiger partial charge in [0.25, 0.3) is 5.91 Å². The predicted octanol–water partition coefficient (Wildman–Crippen LogP) is 5.46. The van der Waals surface area contributed by atoms with Gasteiger partial charge in [-0.1, -0.05) is 60.1 Å². The van der Waals surface area contributed by atoms with E-state index in [1.165, 1.54) is 23.7 Å². The Labute approximate surface area is 199 Å². The quantitative estimate of drug-likeness (QED) is 0.473. The molecule has 0 bridgehead atoms. The van der Waals surface area contributed by atoms with Crippen LogP contribution in [0, 0.1) is 0 Å². The summed E-state index contributed by atoms with van der Waals surface area (Å²) >= 11 is 7.24. The van der Waals surface area contributed by atoms with Gasteiger partial charge in [0.1, 0.15) is 16.3 Å². The molecule has 0 fully saturated rings. The van der Waals surface area contributed by atoms with E-state index in [0.717, 1.165) is 5.56 Å². The van der Waals surface area contributed by atoms with E-state index >= 15 is 0 Å². The van der Waals surface area contributed by atoms with Crippen LogP contribution in [-0.4, -0.2) is 22.4 Å². The molecule has 0 radical (unpaired) electrons. The van der Waals surface area contributed by atoms with E-state index in [-0.39, 0.29) is 11.7 Å². The fraction of sp³-hybridized carbons (Fsp3) is 0.0400. The van der Waals surface area contributed by atoms with E-state index in [1.54, 1.807) is 29.3 Å². The summed E-state index contributed by atoms with van der Waals surface area (Å²) in [5.41, 5.74) is 3.03. The van der Waals surface area contributed by atoms with Crippen molar-refractivity contribution in [2.75, 3.05) is 10.0 Å². The molecule has 3 aromatic rings. The molecular formula is C25H17ClN4O2S. The van der Waals surface area contributed by atoms with E-state index in [4.69, 9.17) is 16.7 Å². The Hall–Kier alpha value is -3.68. The Morgan fingerprint density at radius 3 is 2.06 bits per heavy atom. The molecule has 0 saturated carbocycles. The number of hydrazone groups is 2. The summed E-state index contributed by atoms with van der Waals surface area (Å²) in [4.78, 5) is 25.9. The van der Waals surface area contributed by atoms with Crippen LogP contribution in [0.15, 0.2) is 106 Å². The third-order valence-corrected chi connectivity index (χ3v) is 6.44. The number of nitrogens with zero attached hydrogens (tertiary/aromatic N) is 4. The summed E-state index contributed by atoms with van der Waals surface area (Å²) in [5.74, 6) is -0.473. The molecule has 3 aromatic carbocycles. The minimum absolute atomic E-state index is 0.182. The fourth-order valence-corrected chi connectivity index (χ4v) is 4.58. The van der Waals surface area contributed by atoms with E-state index in [0.29, 0.717) is 37.8 Å². The van der Waals surface area contributed by atoms with Crippen LogP contribution >= 0.6 is 23.4 Å². The van der Waals surface area contributed by atoms with Crippen LogP contribution in [0.5, 0.6) is 0 Å². The van der Waals surface area contributed by atoms with Crippen LogP contribution in [0.4, 0.5) is 11.4 Å². The second kappa shape index (κ2) is 8.69. The highest BCUT2D eigenvalue weighted by atomic mass is 35.5. The smallest absolute Gasteiger partial charge is 0.283 e. The number of hydrogen-bond donors (Lipinski definition) is 0. The molecule has 0 N–H and O–H groups in total. The molecular weight excluding hydrogens is 456 g/mol. The highest BCUT2D eigenvalue weighted by Gasteiger charge is 2.40. The molecule has 6 nitrogen and oxygen atoms in total. The number of halogens is 1. The van der Waals surface area contributed by atoms with Crippen molar-refractivity contribution in [2.24, 2.45) is 10.2 Å². The lowest BCUT2D eigenvalue weighted by molar-refractivity contribution is -0.114. The highest BCUT2D eigenvalue weighted by Crippen LogP contribution is 2.40. The SMILES string of the molecule is CC(=O)C1=NN(c2ccc(Cl)cc2)C(=C2C(=O)N(c3ccccc3)N=C2c2ccccc2)S1. The molecule has 162 valence electrons. The molecule has 0 atom stereocenters. The van der Waals surface area contributed by atoms with Gasteiger partial charge in [-0.25, -0.2) is 5.01 Å². The van der Waals surface area contributed by atoms with Gasteiger partial charge in [-0.15, -0.1) is 0 Å². The van der Waals surface area contributed by atoms with Crippen LogP contribution < -0.4 is 10.0 Å². The van der Waals surface area contributed by atoms with Gasteiger partial charge in [-0.2, -0.15) is 15.2 Å². The van der Waals surface area contributed by atoms with Gasteiger partial charge in [0, 0.05) is 17.5 Å². The van der Waals surface area contributed by atoms with Crippen LogP contribution in [-0.2, 0) is 9.59 Å². The molecule has 0 saturated heterocycles. The average molecular weight is 473 g/mol. The molecule has 33 heavy (non-hydrogen) atoms. The molecule has 0 spiro atoms. The number of rotatable bonds is 4. The first-order valence-electron chi connectivity index (χ1n) is 10.1. The van der Waals surface area contributed by atoms with Gasteiger partial charge in [0.15, 0.2) is 10.8 Å². The zero-order valence-electron chi connectivity index (χ0n) is 17.5. The Balaban J connectivity index is 1.70. The summed E-state index contributed by atoms with van der Waals surface area (Å²) in [5, 5.41) is 13.6. The van der Waals surface area contributed by atoms with Crippen molar-refractivity contribution in [3.8, 4) is 0 Å². The topological polar surface area (TPSA) is 65.3 Å². The number of carbonyl (C=O) groups is 2. The maximum absolute atomic E-state index is 13.7. The van der Waals surface area contributed by atoms with E-state index in [2.05, 4.69) is 5.10 Å². The lowest BCUT2D eigenvalue weighted by Crippen LogP contribution is -2.24. The second-order valence-corrected chi connectivity index (χ2v) is 8.71. The number of carbonyl (C=O) groups excluding carboxylic acids is 2. The summed E-state index contributed by atoms with van der Waals surface area (Å²) in [6.07, 6.45) is 0. The predicted molar refractivity (Wildman–Crippen MR) is 134 cm³/mol. The normalized spacial score (nSPS) is 17.9. The van der Waals surface area contributed by atoms with Crippen molar-refractivity contribution in [3.63, 3.8) is 0 Å². The maximum Gasteiger partial charge on any atom is 0.283 e. The lowest BCUT2D eigenvalue weighted by Gasteiger charge is -2.18. The van der Waals surface area contributed by atoms with Gasteiger partial charge < -0.3 is 0 Å². The molecule has 0 unspecified atom stereocenters. The summed E-state index contributed by atoms with van der Waals surface area (Å²) in [6.45, 7) is 1.46. The Morgan fingerprint density at radius 2 is 1.42 bits per heavy atom. The fourth-order valence-electron chi connectivity index (χ4n) is 3.49. The van der Waals surface area contributed by atoms with E-state index in [1.807, 2.05) is 60.7 Å². The Kier molecular flexibility index (Phi) is 5.58. The number of Topliss-reactive ketones (excluding diaryl/α,β-unsaturated/α-hetero) is 1. The number of ketones is 1. The van der Waals surface area contributed by atoms with Crippen LogP contribution in [0.3, 0.4) is 0 Å². The minimum atomic E-state index is -0.290. The van der Waals surface area contributed by atoms with Crippen LogP contribution in [0.25, 0.3) is 0 Å². The van der Waals surface area contributed by atoms with Gasteiger partial charge in [0.05, 0.1) is 11.4 Å². The van der Waals surface area contributed by atoms with Crippen molar-refractivity contribution in [3.05, 3.63) is 106 Å². The molecule has 0 aromatic heterocycles. The minimum Gasteiger partial charge on any atom is -0.292 e. The second-order valence-electron chi connectivity index (χ2n) is 7.30. The zero-order chi connectivity index (χ0) is 22.9. The van der Waals surface area contributed by atoms with E-state index < -0.39 is 0 Å². The first-order chi connectivity index (χ1) is 16.0. The molecule has 0 aliphatic carbocycles. The van der Waals surface area contributed by atoms with Gasteiger partial charge in [0.2, 0.25) is 0 Å². The van der Waals surface area contributed by atoms with Gasteiger partial charge >= 0.3 is 0 Å². The number of hydrogen-bond acceptors (Lipinski definition) is 6. The first kappa shape index (κ1) is 21.2. The third kappa shape index (κ3) is 3.97. The number of amides is 1. The molecule has 1 amide bonds. The van der Waals surface area contributed by atoms with Crippen molar-refractivity contribution >= 4 is 57.2 Å². The maximum atomic E-state index is 13.7. The molecule has 2 heterocycles. The number of benzene rings is 3. The van der Waals surface area contributed by atoms with Crippen LogP contribution in [0.1, 0.15) is 12.5 Å². The summed E-state index contributed by atoms with van der Waals surface area (Å²) < 4.78 is 0. The molecule has 5 rings (SSSR count). The van der Waals surface area contributed by atoms with Crippen molar-refractivity contribution in [2.45, 2.75) is 6.92 Å². The highest BCUT2D eigenvalue weighted by molar-refractivity contribution is 8.19. The summed E-state index contributed by atoms with van der Waals surface area (Å²) in [6, 6.07) is 25.8. The number of anilines is 2. The van der Waals surface area contributed by atoms with Crippen molar-refractivity contribution in [1.82, 2.24) is 0 Å². The van der Waals surface area contributed by atoms with Gasteiger partial charge in [-0.3, -0.25) is 9.59 Å². The lowest BCUT2D eigenvalue weighted by atomic mass is 10.0. The zero-order valence-corrected chi connectivity index (χ0v) is 19.0. The molecule has 2 aliphatic rings. The van der Waals surface area contributed by atoms with E-state index in [9.17, 15) is 9.59 Å². The van der Waals surface area contributed by atoms with Crippen molar-refractivity contribution in [1.29, 1.82) is 0 Å².